The summed E-state index contributed by atoms with van der Waals surface area (Å²) in [6, 6.07) is 6.07. The number of rotatable bonds is 4. The van der Waals surface area contributed by atoms with Crippen LogP contribution in [0.3, 0.4) is 0 Å². The Hall–Kier alpha value is -2.81. The maximum Gasteiger partial charge on any atom is 0.226 e. The van der Waals surface area contributed by atoms with E-state index in [9.17, 15) is 4.39 Å². The Bertz CT molecular complexity index is 997. The van der Waals surface area contributed by atoms with Crippen molar-refractivity contribution in [2.45, 2.75) is 17.7 Å². The van der Waals surface area contributed by atoms with Crippen LogP contribution >= 0.6 is 11.8 Å². The van der Waals surface area contributed by atoms with Crippen molar-refractivity contribution in [1.82, 2.24) is 29.9 Å². The Labute approximate surface area is 139 Å². The fourth-order valence-corrected chi connectivity index (χ4v) is 3.03. The third-order valence-electron chi connectivity index (χ3n) is 3.30. The Morgan fingerprint density at radius 2 is 2.00 bits per heavy atom. The van der Waals surface area contributed by atoms with Crippen molar-refractivity contribution >= 4 is 22.8 Å². The smallest absolute Gasteiger partial charge is 0.226 e. The van der Waals surface area contributed by atoms with E-state index in [4.69, 9.17) is 4.42 Å². The summed E-state index contributed by atoms with van der Waals surface area (Å²) < 4.78 is 20.1. The Kier molecular flexibility index (Phi) is 3.69. The molecule has 0 N–H and O–H groups in total. The number of hydrogen-bond acceptors (Lipinski definition) is 7. The van der Waals surface area contributed by atoms with Gasteiger partial charge in [-0.05, 0) is 24.3 Å². The van der Waals surface area contributed by atoms with Gasteiger partial charge in [0.2, 0.25) is 11.8 Å². The SMILES string of the molecule is Cc1nnc(CSc2ncnc3c2cnn3-c2ccc(F)cc2)o1. The second kappa shape index (κ2) is 6.00. The monoisotopic (exact) mass is 342 g/mol. The third kappa shape index (κ3) is 2.73. The summed E-state index contributed by atoms with van der Waals surface area (Å²) in [5.41, 5.74) is 1.38. The van der Waals surface area contributed by atoms with Gasteiger partial charge in [0.25, 0.3) is 0 Å². The lowest BCUT2D eigenvalue weighted by atomic mass is 10.3. The molecule has 0 bridgehead atoms. The van der Waals surface area contributed by atoms with Gasteiger partial charge in [-0.2, -0.15) is 5.10 Å². The standard InChI is InChI=1S/C15H11FN6OS/c1-9-20-21-13(23-9)7-24-15-12-6-19-22(14(12)17-8-18-15)11-4-2-10(16)3-5-11/h2-6,8H,7H2,1H3. The maximum atomic E-state index is 13.1. The highest BCUT2D eigenvalue weighted by Crippen LogP contribution is 2.28. The number of halogens is 1. The number of aryl methyl sites for hydroxylation is 1. The second-order valence-corrected chi connectivity index (χ2v) is 5.92. The predicted molar refractivity (Wildman–Crippen MR) is 85.2 cm³/mol. The van der Waals surface area contributed by atoms with E-state index in [-0.39, 0.29) is 5.82 Å². The van der Waals surface area contributed by atoms with E-state index in [2.05, 4.69) is 25.3 Å². The largest absolute Gasteiger partial charge is 0.425 e. The summed E-state index contributed by atoms with van der Waals surface area (Å²) in [5.74, 6) is 1.28. The molecule has 7 nitrogen and oxygen atoms in total. The van der Waals surface area contributed by atoms with Crippen LogP contribution in [-0.4, -0.2) is 29.9 Å². The van der Waals surface area contributed by atoms with Gasteiger partial charge in [-0.25, -0.2) is 19.0 Å². The van der Waals surface area contributed by atoms with E-state index in [0.717, 1.165) is 16.1 Å². The quantitative estimate of drug-likeness (QED) is 0.416. The molecule has 3 heterocycles. The van der Waals surface area contributed by atoms with Crippen molar-refractivity contribution in [2.24, 2.45) is 0 Å². The average Bonchev–Trinajstić information content (AvgIpc) is 3.20. The summed E-state index contributed by atoms with van der Waals surface area (Å²) in [6.45, 7) is 1.75. The summed E-state index contributed by atoms with van der Waals surface area (Å²) >= 11 is 1.47. The number of aromatic nitrogens is 6. The highest BCUT2D eigenvalue weighted by Gasteiger charge is 2.13. The molecule has 0 spiro atoms. The number of benzene rings is 1. The Morgan fingerprint density at radius 1 is 1.17 bits per heavy atom. The van der Waals surface area contributed by atoms with Crippen LogP contribution in [0.2, 0.25) is 0 Å². The number of hydrogen-bond donors (Lipinski definition) is 0. The molecule has 0 saturated heterocycles. The van der Waals surface area contributed by atoms with Gasteiger partial charge in [0.1, 0.15) is 17.2 Å². The van der Waals surface area contributed by atoms with Crippen LogP contribution < -0.4 is 0 Å². The van der Waals surface area contributed by atoms with Crippen molar-refractivity contribution in [2.75, 3.05) is 0 Å². The summed E-state index contributed by atoms with van der Waals surface area (Å²) in [5, 5.41) is 13.7. The van der Waals surface area contributed by atoms with Crippen molar-refractivity contribution in [1.29, 1.82) is 0 Å². The molecule has 24 heavy (non-hydrogen) atoms. The second-order valence-electron chi connectivity index (χ2n) is 4.95. The van der Waals surface area contributed by atoms with Crippen LogP contribution in [0.4, 0.5) is 4.39 Å². The molecule has 4 aromatic rings. The fraction of sp³-hybridized carbons (Fsp3) is 0.133. The average molecular weight is 342 g/mol. The van der Waals surface area contributed by atoms with Crippen molar-refractivity contribution in [3.8, 4) is 5.69 Å². The van der Waals surface area contributed by atoms with E-state index in [1.165, 1.54) is 30.2 Å². The summed E-state index contributed by atoms with van der Waals surface area (Å²) in [7, 11) is 0. The molecule has 4 rings (SSSR count). The first-order chi connectivity index (χ1) is 11.7. The van der Waals surface area contributed by atoms with Crippen molar-refractivity contribution in [3.63, 3.8) is 0 Å². The van der Waals surface area contributed by atoms with Crippen LogP contribution in [0.5, 0.6) is 0 Å². The van der Waals surface area contributed by atoms with Crippen LogP contribution in [-0.2, 0) is 5.75 Å². The zero-order valence-corrected chi connectivity index (χ0v) is 13.4. The molecule has 0 unspecified atom stereocenters. The molecule has 0 amide bonds. The summed E-state index contributed by atoms with van der Waals surface area (Å²) in [4.78, 5) is 8.59. The van der Waals surface area contributed by atoms with Crippen LogP contribution in [0, 0.1) is 12.7 Å². The molecule has 1 aromatic carbocycles. The summed E-state index contributed by atoms with van der Waals surface area (Å²) in [6.07, 6.45) is 3.17. The minimum Gasteiger partial charge on any atom is -0.425 e. The fourth-order valence-electron chi connectivity index (χ4n) is 2.23. The first-order valence-electron chi connectivity index (χ1n) is 7.07. The molecule has 0 aliphatic heterocycles. The molecule has 9 heteroatoms. The number of nitrogens with zero attached hydrogens (tertiary/aromatic N) is 6. The van der Waals surface area contributed by atoms with E-state index in [1.54, 1.807) is 29.9 Å². The molecular weight excluding hydrogens is 331 g/mol. The molecule has 0 radical (unpaired) electrons. The zero-order valence-electron chi connectivity index (χ0n) is 12.5. The highest BCUT2D eigenvalue weighted by molar-refractivity contribution is 7.98. The van der Waals surface area contributed by atoms with Crippen molar-refractivity contribution in [3.05, 3.63) is 54.4 Å². The van der Waals surface area contributed by atoms with Gasteiger partial charge in [-0.15, -0.1) is 10.2 Å². The first kappa shape index (κ1) is 14.8. The van der Waals surface area contributed by atoms with Gasteiger partial charge in [0, 0.05) is 6.92 Å². The lowest BCUT2D eigenvalue weighted by Gasteiger charge is -2.03. The van der Waals surface area contributed by atoms with Crippen LogP contribution in [0.25, 0.3) is 16.7 Å². The minimum absolute atomic E-state index is 0.295. The topological polar surface area (TPSA) is 82.5 Å². The lowest BCUT2D eigenvalue weighted by molar-refractivity contribution is 0.485. The normalized spacial score (nSPS) is 11.2. The molecule has 0 atom stereocenters. The van der Waals surface area contributed by atoms with Gasteiger partial charge in [0.05, 0.1) is 23.0 Å². The van der Waals surface area contributed by atoms with Gasteiger partial charge >= 0.3 is 0 Å². The van der Waals surface area contributed by atoms with Gasteiger partial charge < -0.3 is 4.42 Å². The zero-order chi connectivity index (χ0) is 16.5. The van der Waals surface area contributed by atoms with E-state index < -0.39 is 0 Å². The molecule has 0 aliphatic carbocycles. The highest BCUT2D eigenvalue weighted by atomic mass is 32.2. The van der Waals surface area contributed by atoms with Gasteiger partial charge in [-0.1, -0.05) is 11.8 Å². The van der Waals surface area contributed by atoms with Crippen LogP contribution in [0.1, 0.15) is 11.8 Å². The predicted octanol–water partition coefficient (Wildman–Crippen LogP) is 2.94. The van der Waals surface area contributed by atoms with Gasteiger partial charge in [-0.3, -0.25) is 0 Å². The van der Waals surface area contributed by atoms with E-state index in [1.807, 2.05) is 0 Å². The Balaban J connectivity index is 1.67. The third-order valence-corrected chi connectivity index (χ3v) is 4.29. The van der Waals surface area contributed by atoms with E-state index >= 15 is 0 Å². The molecule has 120 valence electrons. The van der Waals surface area contributed by atoms with Gasteiger partial charge in [0.15, 0.2) is 5.65 Å². The van der Waals surface area contributed by atoms with E-state index in [0.29, 0.717) is 23.2 Å². The lowest BCUT2D eigenvalue weighted by Crippen LogP contribution is -1.98. The Morgan fingerprint density at radius 3 is 2.75 bits per heavy atom. The first-order valence-corrected chi connectivity index (χ1v) is 8.06. The maximum absolute atomic E-state index is 13.1. The number of fused-ring (bicyclic) bond motifs is 1. The molecule has 3 aromatic heterocycles. The number of thioether (sulfide) groups is 1. The minimum atomic E-state index is -0.295. The van der Waals surface area contributed by atoms with Crippen LogP contribution in [0.15, 0.2) is 46.2 Å². The molecule has 0 saturated carbocycles. The molecule has 0 aliphatic rings. The molecular formula is C15H11FN6OS. The molecule has 0 fully saturated rings. The van der Waals surface area contributed by atoms with Crippen molar-refractivity contribution < 1.29 is 8.81 Å².